The van der Waals surface area contributed by atoms with Gasteiger partial charge in [-0.05, 0) is 12.5 Å². The van der Waals surface area contributed by atoms with E-state index in [4.69, 9.17) is 5.73 Å². The van der Waals surface area contributed by atoms with Crippen LogP contribution in [0.1, 0.15) is 18.2 Å². The summed E-state index contributed by atoms with van der Waals surface area (Å²) in [5, 5.41) is 23.9. The highest BCUT2D eigenvalue weighted by Crippen LogP contribution is 2.06. The molecule has 1 aromatic heterocycles. The van der Waals surface area contributed by atoms with Crippen molar-refractivity contribution < 1.29 is 24.6 Å². The Morgan fingerprint density at radius 1 is 1.10 bits per heavy atom. The molecule has 0 aliphatic heterocycles. The molecule has 0 radical (unpaired) electrons. The van der Waals surface area contributed by atoms with Gasteiger partial charge in [-0.3, -0.25) is 9.59 Å². The Hall–Kier alpha value is -3.24. The van der Waals surface area contributed by atoms with Gasteiger partial charge in [-0.15, -0.1) is 0 Å². The average Bonchev–Trinajstić information content (AvgIpc) is 3.20. The molecule has 0 bridgehead atoms. The summed E-state index contributed by atoms with van der Waals surface area (Å²) < 4.78 is 0. The summed E-state index contributed by atoms with van der Waals surface area (Å²) in [5.41, 5.74) is 6.93. The standard InChI is InChI=1S/C19H25N5O5/c1-11(25)16(20)18(27)23-14(8-13-9-21-10-22-13)17(26)24-15(19(28)29)7-12-5-3-2-4-6-12/h2-6,9-11,14-16,25H,7-8,20H2,1H3,(H,21,22)(H,23,27)(H,24,26)(H,28,29). The number of aliphatic hydroxyl groups is 1. The summed E-state index contributed by atoms with van der Waals surface area (Å²) >= 11 is 0. The van der Waals surface area contributed by atoms with Gasteiger partial charge in [0.1, 0.15) is 18.1 Å². The van der Waals surface area contributed by atoms with E-state index in [1.165, 1.54) is 19.4 Å². The van der Waals surface area contributed by atoms with Crippen LogP contribution in [0.3, 0.4) is 0 Å². The fraction of sp³-hybridized carbons (Fsp3) is 0.368. The Kier molecular flexibility index (Phi) is 7.87. The molecule has 4 unspecified atom stereocenters. The fourth-order valence-electron chi connectivity index (χ4n) is 2.63. The maximum Gasteiger partial charge on any atom is 0.326 e. The summed E-state index contributed by atoms with van der Waals surface area (Å²) in [4.78, 5) is 43.3. The summed E-state index contributed by atoms with van der Waals surface area (Å²) in [5.74, 6) is -2.61. The monoisotopic (exact) mass is 403 g/mol. The number of aliphatic carboxylic acids is 1. The van der Waals surface area contributed by atoms with Crippen LogP contribution in [0, 0.1) is 0 Å². The molecular weight excluding hydrogens is 378 g/mol. The molecule has 0 fully saturated rings. The van der Waals surface area contributed by atoms with E-state index >= 15 is 0 Å². The number of hydrogen-bond donors (Lipinski definition) is 6. The first-order chi connectivity index (χ1) is 13.8. The molecule has 2 aromatic rings. The summed E-state index contributed by atoms with van der Waals surface area (Å²) in [6.07, 6.45) is 1.92. The number of carbonyl (C=O) groups excluding carboxylic acids is 2. The van der Waals surface area contributed by atoms with E-state index in [-0.39, 0.29) is 12.8 Å². The Morgan fingerprint density at radius 3 is 2.31 bits per heavy atom. The number of benzene rings is 1. The van der Waals surface area contributed by atoms with Crippen LogP contribution in [0.4, 0.5) is 0 Å². The Morgan fingerprint density at radius 2 is 1.76 bits per heavy atom. The Balaban J connectivity index is 2.13. The largest absolute Gasteiger partial charge is 0.480 e. The Bertz CT molecular complexity index is 810. The quantitative estimate of drug-likeness (QED) is 0.294. The first-order valence-electron chi connectivity index (χ1n) is 9.06. The third-order valence-electron chi connectivity index (χ3n) is 4.33. The topological polar surface area (TPSA) is 170 Å². The molecule has 0 aliphatic rings. The van der Waals surface area contributed by atoms with Gasteiger partial charge < -0.3 is 31.6 Å². The first kappa shape index (κ1) is 22.1. The number of nitrogens with two attached hydrogens (primary N) is 1. The SMILES string of the molecule is CC(O)C(N)C(=O)NC(Cc1cnc[nH]1)C(=O)NC(Cc1ccccc1)C(=O)O. The zero-order valence-electron chi connectivity index (χ0n) is 15.9. The molecular formula is C19H25N5O5. The van der Waals surface area contributed by atoms with Gasteiger partial charge in [0.15, 0.2) is 0 Å². The zero-order valence-corrected chi connectivity index (χ0v) is 15.9. The van der Waals surface area contributed by atoms with Crippen LogP contribution in [0.15, 0.2) is 42.9 Å². The van der Waals surface area contributed by atoms with Crippen molar-refractivity contribution in [2.24, 2.45) is 5.73 Å². The van der Waals surface area contributed by atoms with E-state index in [2.05, 4.69) is 20.6 Å². The van der Waals surface area contributed by atoms with Crippen LogP contribution < -0.4 is 16.4 Å². The molecule has 2 amide bonds. The molecule has 10 heteroatoms. The summed E-state index contributed by atoms with van der Waals surface area (Å²) in [6, 6.07) is 5.35. The molecule has 10 nitrogen and oxygen atoms in total. The number of aromatic amines is 1. The lowest BCUT2D eigenvalue weighted by molar-refractivity contribution is -0.142. The zero-order chi connectivity index (χ0) is 21.4. The number of hydrogen-bond acceptors (Lipinski definition) is 6. The second kappa shape index (κ2) is 10.3. The highest BCUT2D eigenvalue weighted by atomic mass is 16.4. The minimum atomic E-state index is -1.23. The van der Waals surface area contributed by atoms with Crippen LogP contribution in [-0.2, 0) is 27.2 Å². The number of carbonyl (C=O) groups is 3. The third kappa shape index (κ3) is 6.70. The van der Waals surface area contributed by atoms with Crippen LogP contribution in [0.2, 0.25) is 0 Å². The van der Waals surface area contributed by atoms with Gasteiger partial charge in [0.2, 0.25) is 11.8 Å². The lowest BCUT2D eigenvalue weighted by atomic mass is 10.0. The molecule has 7 N–H and O–H groups in total. The smallest absolute Gasteiger partial charge is 0.326 e. The van der Waals surface area contributed by atoms with Gasteiger partial charge in [-0.1, -0.05) is 30.3 Å². The lowest BCUT2D eigenvalue weighted by Gasteiger charge is -2.23. The van der Waals surface area contributed by atoms with Crippen LogP contribution in [0.25, 0.3) is 0 Å². The molecule has 29 heavy (non-hydrogen) atoms. The summed E-state index contributed by atoms with van der Waals surface area (Å²) in [7, 11) is 0. The van der Waals surface area contributed by atoms with Crippen LogP contribution >= 0.6 is 0 Å². The van der Waals surface area contributed by atoms with Crippen molar-refractivity contribution in [3.05, 3.63) is 54.1 Å². The van der Waals surface area contributed by atoms with Gasteiger partial charge in [-0.2, -0.15) is 0 Å². The number of rotatable bonds is 10. The fourth-order valence-corrected chi connectivity index (χ4v) is 2.63. The van der Waals surface area contributed by atoms with E-state index in [0.717, 1.165) is 5.56 Å². The maximum absolute atomic E-state index is 12.8. The van der Waals surface area contributed by atoms with E-state index in [1.54, 1.807) is 30.3 Å². The molecule has 0 spiro atoms. The molecule has 0 aliphatic carbocycles. The number of carboxylic acid groups (broad SMARTS) is 1. The van der Waals surface area contributed by atoms with E-state index in [9.17, 15) is 24.6 Å². The number of aromatic nitrogens is 2. The number of carboxylic acids is 1. The number of H-pyrrole nitrogens is 1. The molecule has 4 atom stereocenters. The third-order valence-corrected chi connectivity index (χ3v) is 4.33. The van der Waals surface area contributed by atoms with Gasteiger partial charge in [0.05, 0.1) is 12.4 Å². The van der Waals surface area contributed by atoms with Crippen molar-refractivity contribution in [3.63, 3.8) is 0 Å². The predicted molar refractivity (Wildman–Crippen MR) is 104 cm³/mol. The van der Waals surface area contributed by atoms with Crippen molar-refractivity contribution in [2.45, 2.75) is 44.0 Å². The van der Waals surface area contributed by atoms with Gasteiger partial charge >= 0.3 is 5.97 Å². The maximum atomic E-state index is 12.8. The second-order valence-corrected chi connectivity index (χ2v) is 6.70. The van der Waals surface area contributed by atoms with Crippen molar-refractivity contribution in [1.82, 2.24) is 20.6 Å². The number of nitrogens with one attached hydrogen (secondary N) is 3. The molecule has 0 saturated heterocycles. The number of nitrogens with zero attached hydrogens (tertiary/aromatic N) is 1. The van der Waals surface area contributed by atoms with Crippen molar-refractivity contribution in [3.8, 4) is 0 Å². The highest BCUT2D eigenvalue weighted by molar-refractivity contribution is 5.92. The van der Waals surface area contributed by atoms with E-state index < -0.39 is 42.0 Å². The molecule has 2 rings (SSSR count). The van der Waals surface area contributed by atoms with Crippen molar-refractivity contribution in [1.29, 1.82) is 0 Å². The Labute approximate surface area is 167 Å². The molecule has 1 aromatic carbocycles. The number of aliphatic hydroxyl groups excluding tert-OH is 1. The molecule has 156 valence electrons. The summed E-state index contributed by atoms with van der Waals surface area (Å²) in [6.45, 7) is 1.36. The van der Waals surface area contributed by atoms with Gasteiger partial charge in [0.25, 0.3) is 0 Å². The highest BCUT2D eigenvalue weighted by Gasteiger charge is 2.29. The number of imidazole rings is 1. The van der Waals surface area contributed by atoms with Gasteiger partial charge in [-0.25, -0.2) is 9.78 Å². The minimum Gasteiger partial charge on any atom is -0.480 e. The predicted octanol–water partition coefficient (Wildman–Crippen LogP) is -1.04. The van der Waals surface area contributed by atoms with Crippen molar-refractivity contribution in [2.75, 3.05) is 0 Å². The van der Waals surface area contributed by atoms with Gasteiger partial charge in [0, 0.05) is 24.7 Å². The second-order valence-electron chi connectivity index (χ2n) is 6.70. The average molecular weight is 403 g/mol. The molecule has 0 saturated carbocycles. The molecule has 1 heterocycles. The van der Waals surface area contributed by atoms with E-state index in [1.807, 2.05) is 0 Å². The van der Waals surface area contributed by atoms with E-state index in [0.29, 0.717) is 5.69 Å². The lowest BCUT2D eigenvalue weighted by Crippen LogP contribution is -2.57. The van der Waals surface area contributed by atoms with Crippen LogP contribution in [-0.4, -0.2) is 62.2 Å². The van der Waals surface area contributed by atoms with Crippen molar-refractivity contribution >= 4 is 17.8 Å². The number of amides is 2. The normalized spacial score (nSPS) is 15.0. The van der Waals surface area contributed by atoms with Crippen LogP contribution in [0.5, 0.6) is 0 Å². The first-order valence-corrected chi connectivity index (χ1v) is 9.06. The minimum absolute atomic E-state index is 0.0434.